The van der Waals surface area contributed by atoms with Gasteiger partial charge in [-0.1, -0.05) is 0 Å². The minimum Gasteiger partial charge on any atom is -0.393 e. The highest BCUT2D eigenvalue weighted by Crippen LogP contribution is 2.26. The summed E-state index contributed by atoms with van der Waals surface area (Å²) in [5, 5.41) is 12.4. The number of amides is 1. The third-order valence-electron chi connectivity index (χ3n) is 4.30. The molecule has 20 heavy (non-hydrogen) atoms. The number of hydrogen-bond donors (Lipinski definition) is 2. The number of carbonyl (C=O) groups excluding carboxylic acids is 1. The summed E-state index contributed by atoms with van der Waals surface area (Å²) in [6.07, 6.45) is 0.155. The van der Waals surface area contributed by atoms with E-state index in [-0.39, 0.29) is 11.9 Å². The Kier molecular flexibility index (Phi) is 5.35. The van der Waals surface area contributed by atoms with Crippen LogP contribution in [0.15, 0.2) is 0 Å². The summed E-state index contributed by atoms with van der Waals surface area (Å²) >= 11 is 0. The summed E-state index contributed by atoms with van der Waals surface area (Å²) < 4.78 is 0. The van der Waals surface area contributed by atoms with Crippen LogP contribution < -0.4 is 5.32 Å². The van der Waals surface area contributed by atoms with Gasteiger partial charge in [0.25, 0.3) is 5.91 Å². The van der Waals surface area contributed by atoms with Crippen LogP contribution in [0.2, 0.25) is 0 Å². The second kappa shape index (κ2) is 6.40. The average Bonchev–Trinajstić information content (AvgIpc) is 2.33. The average molecular weight is 277 g/mol. The number of aliphatic hydroxyl groups is 1. The lowest BCUT2D eigenvalue weighted by Crippen LogP contribution is -2.35. The predicted molar refractivity (Wildman–Crippen MR) is 83.4 cm³/mol. The molecule has 3 nitrogen and oxygen atoms in total. The molecule has 0 spiro atoms. The summed E-state index contributed by atoms with van der Waals surface area (Å²) in [4.78, 5) is 12.5. The van der Waals surface area contributed by atoms with Gasteiger partial charge in [-0.25, -0.2) is 0 Å². The van der Waals surface area contributed by atoms with Crippen molar-refractivity contribution in [1.82, 2.24) is 5.32 Å². The van der Waals surface area contributed by atoms with Crippen LogP contribution in [0, 0.1) is 34.6 Å². The van der Waals surface area contributed by atoms with E-state index >= 15 is 0 Å². The van der Waals surface area contributed by atoms with Crippen LogP contribution in [-0.4, -0.2) is 23.2 Å². The van der Waals surface area contributed by atoms with Crippen molar-refractivity contribution in [3.63, 3.8) is 0 Å². The summed E-state index contributed by atoms with van der Waals surface area (Å²) in [6.45, 7) is 13.9. The molecule has 2 atom stereocenters. The van der Waals surface area contributed by atoms with Crippen molar-refractivity contribution in [2.45, 2.75) is 67.0 Å². The number of carbonyl (C=O) groups is 1. The Morgan fingerprint density at radius 3 is 1.75 bits per heavy atom. The Morgan fingerprint density at radius 2 is 1.35 bits per heavy atom. The predicted octanol–water partition coefficient (Wildman–Crippen LogP) is 3.12. The van der Waals surface area contributed by atoms with Crippen LogP contribution in [0.3, 0.4) is 0 Å². The molecular formula is C17H27NO2. The van der Waals surface area contributed by atoms with Crippen molar-refractivity contribution in [2.75, 3.05) is 0 Å². The van der Waals surface area contributed by atoms with Gasteiger partial charge in [-0.3, -0.25) is 4.79 Å². The smallest absolute Gasteiger partial charge is 0.252 e. The lowest BCUT2D eigenvalue weighted by Gasteiger charge is -2.21. The molecule has 0 heterocycles. The van der Waals surface area contributed by atoms with E-state index in [4.69, 9.17) is 0 Å². The molecule has 3 heteroatoms. The van der Waals surface area contributed by atoms with Crippen LogP contribution >= 0.6 is 0 Å². The zero-order chi connectivity index (χ0) is 15.6. The first kappa shape index (κ1) is 16.7. The van der Waals surface area contributed by atoms with Crippen LogP contribution in [0.5, 0.6) is 0 Å². The van der Waals surface area contributed by atoms with Gasteiger partial charge in [0.15, 0.2) is 0 Å². The molecule has 0 radical (unpaired) electrons. The fourth-order valence-electron chi connectivity index (χ4n) is 2.71. The standard InChI is InChI=1S/C17H27NO2/c1-9(8-10(2)19)18-17(20)16-14(6)12(4)11(3)13(5)15(16)7/h9-10,19H,8H2,1-7H3,(H,18,20). The molecule has 0 aliphatic heterocycles. The molecule has 0 aliphatic carbocycles. The largest absolute Gasteiger partial charge is 0.393 e. The van der Waals surface area contributed by atoms with Crippen LogP contribution in [0.1, 0.15) is 58.4 Å². The molecular weight excluding hydrogens is 250 g/mol. The van der Waals surface area contributed by atoms with Gasteiger partial charge in [0.2, 0.25) is 0 Å². The molecule has 1 aromatic carbocycles. The van der Waals surface area contributed by atoms with Gasteiger partial charge < -0.3 is 10.4 Å². The Balaban J connectivity index is 3.11. The lowest BCUT2D eigenvalue weighted by atomic mass is 9.89. The molecule has 0 aliphatic rings. The van der Waals surface area contributed by atoms with Crippen LogP contribution in [-0.2, 0) is 0 Å². The fourth-order valence-corrected chi connectivity index (χ4v) is 2.71. The van der Waals surface area contributed by atoms with E-state index < -0.39 is 6.10 Å². The zero-order valence-electron chi connectivity index (χ0n) is 13.7. The van der Waals surface area contributed by atoms with Gasteiger partial charge in [0, 0.05) is 11.6 Å². The number of rotatable bonds is 4. The summed E-state index contributed by atoms with van der Waals surface area (Å²) in [6, 6.07) is -0.0387. The van der Waals surface area contributed by atoms with E-state index in [0.717, 1.165) is 16.7 Å². The van der Waals surface area contributed by atoms with E-state index in [0.29, 0.717) is 6.42 Å². The van der Waals surface area contributed by atoms with Crippen LogP contribution in [0.4, 0.5) is 0 Å². The molecule has 0 saturated carbocycles. The highest BCUT2D eigenvalue weighted by Gasteiger charge is 2.19. The van der Waals surface area contributed by atoms with Gasteiger partial charge in [-0.15, -0.1) is 0 Å². The molecule has 1 rings (SSSR count). The monoisotopic (exact) mass is 277 g/mol. The lowest BCUT2D eigenvalue weighted by molar-refractivity contribution is 0.0921. The van der Waals surface area contributed by atoms with Gasteiger partial charge >= 0.3 is 0 Å². The highest BCUT2D eigenvalue weighted by molar-refractivity contribution is 5.98. The van der Waals surface area contributed by atoms with Crippen molar-refractivity contribution < 1.29 is 9.90 Å². The molecule has 0 bridgehead atoms. The van der Waals surface area contributed by atoms with E-state index in [1.807, 2.05) is 20.8 Å². The van der Waals surface area contributed by atoms with Gasteiger partial charge in [0.1, 0.15) is 0 Å². The molecule has 2 unspecified atom stereocenters. The van der Waals surface area contributed by atoms with E-state index in [2.05, 4.69) is 26.1 Å². The first-order valence-electron chi connectivity index (χ1n) is 7.22. The molecule has 0 saturated heterocycles. The van der Waals surface area contributed by atoms with Crippen molar-refractivity contribution in [1.29, 1.82) is 0 Å². The normalized spacial score (nSPS) is 14.0. The molecule has 1 amide bonds. The van der Waals surface area contributed by atoms with Crippen molar-refractivity contribution in [3.05, 3.63) is 33.4 Å². The minimum atomic E-state index is -0.408. The van der Waals surface area contributed by atoms with Gasteiger partial charge in [0.05, 0.1) is 6.10 Å². The first-order chi connectivity index (χ1) is 9.16. The van der Waals surface area contributed by atoms with Gasteiger partial charge in [-0.2, -0.15) is 0 Å². The fraction of sp³-hybridized carbons (Fsp3) is 0.588. The summed E-state index contributed by atoms with van der Waals surface area (Å²) in [5.41, 5.74) is 6.50. The SMILES string of the molecule is Cc1c(C)c(C)c(C(=O)NC(C)CC(C)O)c(C)c1C. The molecule has 0 fully saturated rings. The Labute approximate surface area is 122 Å². The number of benzene rings is 1. The summed E-state index contributed by atoms with van der Waals surface area (Å²) in [5.74, 6) is -0.0423. The first-order valence-corrected chi connectivity index (χ1v) is 7.22. The topological polar surface area (TPSA) is 49.3 Å². The number of hydrogen-bond acceptors (Lipinski definition) is 2. The van der Waals surface area contributed by atoms with Crippen molar-refractivity contribution in [2.24, 2.45) is 0 Å². The van der Waals surface area contributed by atoms with Crippen molar-refractivity contribution >= 4 is 5.91 Å². The number of aliphatic hydroxyl groups excluding tert-OH is 1. The second-order valence-electron chi connectivity index (χ2n) is 5.96. The third kappa shape index (κ3) is 3.40. The van der Waals surface area contributed by atoms with E-state index in [9.17, 15) is 9.90 Å². The quantitative estimate of drug-likeness (QED) is 0.888. The van der Waals surface area contributed by atoms with Crippen LogP contribution in [0.25, 0.3) is 0 Å². The molecule has 112 valence electrons. The maximum Gasteiger partial charge on any atom is 0.252 e. The third-order valence-corrected chi connectivity index (χ3v) is 4.30. The molecule has 2 N–H and O–H groups in total. The Morgan fingerprint density at radius 1 is 0.950 bits per heavy atom. The molecule has 0 aromatic heterocycles. The zero-order valence-corrected chi connectivity index (χ0v) is 13.7. The Hall–Kier alpha value is -1.35. The second-order valence-corrected chi connectivity index (χ2v) is 5.96. The van der Waals surface area contributed by atoms with Gasteiger partial charge in [-0.05, 0) is 82.7 Å². The summed E-state index contributed by atoms with van der Waals surface area (Å²) in [7, 11) is 0. The molecule has 1 aromatic rings. The minimum absolute atomic E-state index is 0.0387. The number of nitrogens with one attached hydrogen (secondary N) is 1. The maximum absolute atomic E-state index is 12.5. The highest BCUT2D eigenvalue weighted by atomic mass is 16.3. The van der Waals surface area contributed by atoms with E-state index in [1.54, 1.807) is 6.92 Å². The van der Waals surface area contributed by atoms with Crippen molar-refractivity contribution in [3.8, 4) is 0 Å². The maximum atomic E-state index is 12.5. The Bertz CT molecular complexity index is 489. The van der Waals surface area contributed by atoms with E-state index in [1.165, 1.54) is 16.7 Å².